The summed E-state index contributed by atoms with van der Waals surface area (Å²) in [4.78, 5) is 0. The lowest BCUT2D eigenvalue weighted by Gasteiger charge is -2.35. The third-order valence-electron chi connectivity index (χ3n) is 13.5. The predicted molar refractivity (Wildman–Crippen MR) is 271 cm³/mol. The van der Waals surface area contributed by atoms with Gasteiger partial charge in [-0.25, -0.2) is 0 Å². The first-order valence-corrected chi connectivity index (χ1v) is 24.0. The normalized spacial score (nSPS) is 12.8. The zero-order chi connectivity index (χ0) is 42.2. The minimum absolute atomic E-state index is 0.906. The highest BCUT2D eigenvalue weighted by Crippen LogP contribution is 2.37. The molecule has 1 unspecified atom stereocenters. The molecule has 0 aliphatic rings. The Kier molecular flexibility index (Phi) is 8.23. The van der Waals surface area contributed by atoms with Crippen molar-refractivity contribution >= 4 is 94.4 Å². The first-order chi connectivity index (χ1) is 31.7. The van der Waals surface area contributed by atoms with Crippen molar-refractivity contribution in [2.45, 2.75) is 0 Å². The molecule has 4 heteroatoms. The Morgan fingerprint density at radius 3 is 1.42 bits per heavy atom. The highest BCUT2D eigenvalue weighted by atomic mass is 28.3. The van der Waals surface area contributed by atoms with Crippen LogP contribution in [-0.2, 0) is 0 Å². The molecule has 13 rings (SSSR count). The van der Waals surface area contributed by atoms with Crippen LogP contribution < -0.4 is 20.7 Å². The van der Waals surface area contributed by atoms with E-state index in [1.54, 1.807) is 0 Å². The molecule has 0 aliphatic carbocycles. The van der Waals surface area contributed by atoms with E-state index in [0.717, 1.165) is 33.3 Å². The predicted octanol–water partition coefficient (Wildman–Crippen LogP) is 12.8. The first-order valence-electron chi connectivity index (χ1n) is 22.0. The molecular formula is C60H40N2OSi. The fourth-order valence-corrected chi connectivity index (χ4v) is 15.4. The highest BCUT2D eigenvalue weighted by molar-refractivity contribution is 7.20. The van der Waals surface area contributed by atoms with E-state index in [9.17, 15) is 0 Å². The molecule has 0 bridgehead atoms. The Balaban J connectivity index is 1.06. The fourth-order valence-electron chi connectivity index (χ4n) is 10.6. The third-order valence-corrected chi connectivity index (χ3v) is 18.2. The lowest BCUT2D eigenvalue weighted by Crippen LogP contribution is -2.74. The summed E-state index contributed by atoms with van der Waals surface area (Å²) < 4.78 is 11.5. The fraction of sp³-hybridized carbons (Fsp3) is 0. The number of nitrogens with zero attached hydrogens (tertiary/aromatic N) is 2. The summed E-state index contributed by atoms with van der Waals surface area (Å²) in [6.45, 7) is 0. The molecule has 0 fully saturated rings. The van der Waals surface area contributed by atoms with Crippen LogP contribution >= 0.6 is 0 Å². The molecule has 300 valence electrons. The number of hydrogen-bond acceptors (Lipinski definition) is 1. The van der Waals surface area contributed by atoms with Gasteiger partial charge in [0.2, 0.25) is 0 Å². The lowest BCUT2D eigenvalue weighted by molar-refractivity contribution is 0.669. The summed E-state index contributed by atoms with van der Waals surface area (Å²) in [6, 6.07) is 89.3. The van der Waals surface area contributed by atoms with E-state index < -0.39 is 8.07 Å². The van der Waals surface area contributed by atoms with E-state index in [1.807, 2.05) is 6.07 Å². The van der Waals surface area contributed by atoms with Crippen LogP contribution in [-0.4, -0.2) is 17.2 Å². The number of benzene rings is 10. The Morgan fingerprint density at radius 1 is 0.266 bits per heavy atom. The number of fused-ring (bicyclic) bond motifs is 9. The van der Waals surface area contributed by atoms with Crippen molar-refractivity contribution in [1.29, 1.82) is 0 Å². The SMILES string of the molecule is c1ccc(-c2ccc([Si](c3ccccc3)(c3cccc(-n4c5ccccc5c5cc(-n6c7ccccc7c7ccccc76)ccc54)c3)c3ccc4c(c3)oc3ccccc34)cc2)cc1. The van der Waals surface area contributed by atoms with E-state index in [2.05, 4.69) is 246 Å². The van der Waals surface area contributed by atoms with E-state index in [-0.39, 0.29) is 0 Å². The van der Waals surface area contributed by atoms with Crippen LogP contribution in [0.3, 0.4) is 0 Å². The molecule has 3 aromatic heterocycles. The maximum absolute atomic E-state index is 6.65. The van der Waals surface area contributed by atoms with Crippen molar-refractivity contribution < 1.29 is 4.42 Å². The Bertz CT molecular complexity index is 3850. The minimum atomic E-state index is -3.04. The summed E-state index contributed by atoms with van der Waals surface area (Å²) in [5, 5.41) is 12.4. The molecule has 1 atom stereocenters. The summed E-state index contributed by atoms with van der Waals surface area (Å²) >= 11 is 0. The second-order valence-corrected chi connectivity index (χ2v) is 20.7. The average Bonchev–Trinajstić information content (AvgIpc) is 4.02. The van der Waals surface area contributed by atoms with Gasteiger partial charge in [-0.1, -0.05) is 182 Å². The standard InChI is InChI=1S/C60H40N2OSi/c1-3-16-41(17-4-1)42-30-33-46(34-31-42)64(45-19-5-2-6-20-45,48-35-36-53-52-25-10-14-29-59(52)63-60(53)40-48)47-21-15-18-43(38-47)61-57-28-13-9-24-51(57)54-39-44(32-37-58(54)61)62-55-26-11-7-22-49(55)50-23-8-12-27-56(50)62/h1-40H. The van der Waals surface area contributed by atoms with Gasteiger partial charge in [0, 0.05) is 43.7 Å². The second kappa shape index (κ2) is 14.5. The van der Waals surface area contributed by atoms with E-state index in [4.69, 9.17) is 4.42 Å². The molecule has 13 aromatic rings. The van der Waals surface area contributed by atoms with Gasteiger partial charge in [-0.3, -0.25) is 0 Å². The van der Waals surface area contributed by atoms with Gasteiger partial charge in [-0.15, -0.1) is 0 Å². The van der Waals surface area contributed by atoms with Crippen LogP contribution in [0, 0.1) is 0 Å². The van der Waals surface area contributed by atoms with Gasteiger partial charge in [0.25, 0.3) is 0 Å². The molecule has 0 aliphatic heterocycles. The van der Waals surface area contributed by atoms with Crippen LogP contribution in [0.15, 0.2) is 247 Å². The zero-order valence-corrected chi connectivity index (χ0v) is 35.9. The smallest absolute Gasteiger partial charge is 0.179 e. The summed E-state index contributed by atoms with van der Waals surface area (Å²) in [5.41, 5.74) is 11.3. The molecule has 64 heavy (non-hydrogen) atoms. The van der Waals surface area contributed by atoms with Crippen LogP contribution in [0.1, 0.15) is 0 Å². The number of para-hydroxylation sites is 4. The van der Waals surface area contributed by atoms with Gasteiger partial charge in [0.05, 0.1) is 22.1 Å². The molecule has 3 nitrogen and oxygen atoms in total. The topological polar surface area (TPSA) is 23.0 Å². The molecule has 0 radical (unpaired) electrons. The van der Waals surface area contributed by atoms with Crippen molar-refractivity contribution in [2.75, 3.05) is 0 Å². The largest absolute Gasteiger partial charge is 0.456 e. The van der Waals surface area contributed by atoms with Crippen molar-refractivity contribution in [2.24, 2.45) is 0 Å². The van der Waals surface area contributed by atoms with Gasteiger partial charge in [-0.2, -0.15) is 0 Å². The highest BCUT2D eigenvalue weighted by Gasteiger charge is 2.42. The third kappa shape index (κ3) is 5.46. The van der Waals surface area contributed by atoms with Gasteiger partial charge in [0.1, 0.15) is 11.2 Å². The van der Waals surface area contributed by atoms with Gasteiger partial charge in [-0.05, 0) is 92.5 Å². The molecular weight excluding hydrogens is 793 g/mol. The van der Waals surface area contributed by atoms with Crippen molar-refractivity contribution in [3.8, 4) is 22.5 Å². The number of hydrogen-bond donors (Lipinski definition) is 0. The van der Waals surface area contributed by atoms with Crippen LogP contribution in [0.4, 0.5) is 0 Å². The molecule has 0 amide bonds. The quantitative estimate of drug-likeness (QED) is 0.116. The van der Waals surface area contributed by atoms with Gasteiger partial charge >= 0.3 is 0 Å². The Hall–Kier alpha value is -8.18. The maximum Gasteiger partial charge on any atom is 0.179 e. The lowest BCUT2D eigenvalue weighted by atomic mass is 10.1. The molecule has 0 N–H and O–H groups in total. The Morgan fingerprint density at radius 2 is 0.734 bits per heavy atom. The maximum atomic E-state index is 6.65. The van der Waals surface area contributed by atoms with Crippen molar-refractivity contribution in [3.05, 3.63) is 243 Å². The first kappa shape index (κ1) is 36.5. The number of furan rings is 1. The molecule has 0 saturated carbocycles. The Labute approximate surface area is 371 Å². The van der Waals surface area contributed by atoms with Crippen LogP contribution in [0.25, 0.3) is 88.1 Å². The monoisotopic (exact) mass is 832 g/mol. The van der Waals surface area contributed by atoms with E-state index in [0.29, 0.717) is 0 Å². The van der Waals surface area contributed by atoms with E-state index >= 15 is 0 Å². The van der Waals surface area contributed by atoms with Crippen LogP contribution in [0.5, 0.6) is 0 Å². The summed E-state index contributed by atoms with van der Waals surface area (Å²) in [6.07, 6.45) is 0. The number of rotatable bonds is 7. The zero-order valence-electron chi connectivity index (χ0n) is 34.9. The average molecular weight is 833 g/mol. The molecule has 0 spiro atoms. The van der Waals surface area contributed by atoms with Crippen LogP contribution in [0.2, 0.25) is 0 Å². The van der Waals surface area contributed by atoms with Crippen molar-refractivity contribution in [3.63, 3.8) is 0 Å². The van der Waals surface area contributed by atoms with Gasteiger partial charge < -0.3 is 13.6 Å². The minimum Gasteiger partial charge on any atom is -0.456 e. The second-order valence-electron chi connectivity index (χ2n) is 16.8. The van der Waals surface area contributed by atoms with Gasteiger partial charge in [0.15, 0.2) is 8.07 Å². The summed E-state index contributed by atoms with van der Waals surface area (Å²) in [7, 11) is -3.04. The van der Waals surface area contributed by atoms with E-state index in [1.165, 1.54) is 75.5 Å². The molecule has 0 saturated heterocycles. The molecule has 3 heterocycles. The van der Waals surface area contributed by atoms with Crippen molar-refractivity contribution in [1.82, 2.24) is 9.13 Å². The molecule has 10 aromatic carbocycles. The number of aromatic nitrogens is 2. The summed E-state index contributed by atoms with van der Waals surface area (Å²) in [5.74, 6) is 0.